The van der Waals surface area contributed by atoms with Crippen LogP contribution in [-0.2, 0) is 0 Å². The fourth-order valence-corrected chi connectivity index (χ4v) is 6.46. The van der Waals surface area contributed by atoms with Crippen LogP contribution in [-0.4, -0.2) is 24.3 Å². The predicted octanol–water partition coefficient (Wildman–Crippen LogP) is 9.13. The van der Waals surface area contributed by atoms with E-state index in [2.05, 4.69) is 124 Å². The van der Waals surface area contributed by atoms with Crippen molar-refractivity contribution >= 4 is 49.1 Å². The monoisotopic (exact) mass is 549 g/mol. The Kier molecular flexibility index (Phi) is 5.13. The van der Waals surface area contributed by atoms with Crippen molar-refractivity contribution in [3.05, 3.63) is 140 Å². The van der Waals surface area contributed by atoms with Gasteiger partial charge < -0.3 is 0 Å². The molecule has 5 heteroatoms. The standard InChI is InChI=1S/C38H23N5/c1-2-11-24(12-3-1)35-37-36(30-17-8-9-18-31(30)41-35)42-32-20-19-25(23-43(32)37)33-26-13-4-6-15-28(26)34(38-39-21-10-22-40-38)29-16-7-5-14-27(29)33/h1-23H. The largest absolute Gasteiger partial charge is 0.297 e. The second-order valence-corrected chi connectivity index (χ2v) is 10.7. The van der Waals surface area contributed by atoms with Gasteiger partial charge in [0.1, 0.15) is 11.2 Å². The molecule has 0 spiro atoms. The van der Waals surface area contributed by atoms with Crippen molar-refractivity contribution in [1.29, 1.82) is 0 Å². The van der Waals surface area contributed by atoms with Crippen molar-refractivity contribution in [2.45, 2.75) is 0 Å². The van der Waals surface area contributed by atoms with Gasteiger partial charge in [-0.05, 0) is 56.9 Å². The highest BCUT2D eigenvalue weighted by Crippen LogP contribution is 2.43. The molecule has 0 N–H and O–H groups in total. The highest BCUT2D eigenvalue weighted by Gasteiger charge is 2.20. The zero-order chi connectivity index (χ0) is 28.3. The maximum absolute atomic E-state index is 5.17. The minimum absolute atomic E-state index is 0.725. The van der Waals surface area contributed by atoms with Gasteiger partial charge in [-0.2, -0.15) is 0 Å². The molecule has 0 saturated heterocycles. The maximum Gasteiger partial charge on any atom is 0.160 e. The van der Waals surface area contributed by atoms with Crippen LogP contribution in [0.3, 0.4) is 0 Å². The summed E-state index contributed by atoms with van der Waals surface area (Å²) in [6, 6.07) is 41.9. The lowest BCUT2D eigenvalue weighted by atomic mass is 9.88. The van der Waals surface area contributed by atoms with Crippen molar-refractivity contribution < 1.29 is 0 Å². The van der Waals surface area contributed by atoms with Crippen LogP contribution >= 0.6 is 0 Å². The molecular weight excluding hydrogens is 526 g/mol. The van der Waals surface area contributed by atoms with Gasteiger partial charge in [0, 0.05) is 35.1 Å². The molecule has 0 aliphatic heterocycles. The van der Waals surface area contributed by atoms with Crippen molar-refractivity contribution in [1.82, 2.24) is 24.3 Å². The number of hydrogen-bond donors (Lipinski definition) is 0. The van der Waals surface area contributed by atoms with Gasteiger partial charge in [0.05, 0.1) is 16.7 Å². The molecule has 0 bridgehead atoms. The number of pyridine rings is 2. The third-order valence-corrected chi connectivity index (χ3v) is 8.29. The summed E-state index contributed by atoms with van der Waals surface area (Å²) in [4.78, 5) is 19.6. The normalized spacial score (nSPS) is 11.7. The molecule has 0 amide bonds. The molecular formula is C38H23N5. The van der Waals surface area contributed by atoms with E-state index in [0.29, 0.717) is 0 Å². The topological polar surface area (TPSA) is 56.0 Å². The summed E-state index contributed by atoms with van der Waals surface area (Å²) in [5.74, 6) is 0.725. The summed E-state index contributed by atoms with van der Waals surface area (Å²) in [5.41, 5.74) is 9.09. The molecule has 0 fully saturated rings. The van der Waals surface area contributed by atoms with E-state index in [0.717, 1.165) is 77.3 Å². The van der Waals surface area contributed by atoms with Crippen LogP contribution in [0, 0.1) is 0 Å². The number of rotatable bonds is 3. The van der Waals surface area contributed by atoms with Crippen molar-refractivity contribution in [2.75, 3.05) is 0 Å². The lowest BCUT2D eigenvalue weighted by molar-refractivity contribution is 1.18. The lowest BCUT2D eigenvalue weighted by Gasteiger charge is -2.17. The van der Waals surface area contributed by atoms with Crippen molar-refractivity contribution in [2.24, 2.45) is 0 Å². The van der Waals surface area contributed by atoms with Gasteiger partial charge >= 0.3 is 0 Å². The van der Waals surface area contributed by atoms with E-state index < -0.39 is 0 Å². The van der Waals surface area contributed by atoms with E-state index in [1.807, 2.05) is 18.2 Å². The molecule has 0 aliphatic carbocycles. The molecule has 200 valence electrons. The quantitative estimate of drug-likeness (QED) is 0.206. The molecule has 0 saturated carbocycles. The van der Waals surface area contributed by atoms with E-state index in [-0.39, 0.29) is 0 Å². The molecule has 9 aromatic rings. The molecule has 0 unspecified atom stereocenters. The van der Waals surface area contributed by atoms with E-state index in [1.54, 1.807) is 12.4 Å². The molecule has 9 rings (SSSR count). The molecule has 0 radical (unpaired) electrons. The molecule has 0 aliphatic rings. The maximum atomic E-state index is 5.17. The molecule has 5 nitrogen and oxygen atoms in total. The molecule has 4 heterocycles. The molecule has 43 heavy (non-hydrogen) atoms. The number of imidazole rings is 1. The first-order valence-corrected chi connectivity index (χ1v) is 14.3. The summed E-state index contributed by atoms with van der Waals surface area (Å²) in [6.07, 6.45) is 5.83. The summed E-state index contributed by atoms with van der Waals surface area (Å²) >= 11 is 0. The highest BCUT2D eigenvalue weighted by atomic mass is 15.0. The van der Waals surface area contributed by atoms with Gasteiger partial charge in [0.15, 0.2) is 5.82 Å². The van der Waals surface area contributed by atoms with Crippen molar-refractivity contribution in [3.63, 3.8) is 0 Å². The van der Waals surface area contributed by atoms with E-state index in [9.17, 15) is 0 Å². The average Bonchev–Trinajstić information content (AvgIpc) is 3.47. The van der Waals surface area contributed by atoms with Gasteiger partial charge in [-0.25, -0.2) is 19.9 Å². The first-order chi connectivity index (χ1) is 21.3. The van der Waals surface area contributed by atoms with Crippen LogP contribution in [0.25, 0.3) is 82.9 Å². The zero-order valence-corrected chi connectivity index (χ0v) is 23.0. The van der Waals surface area contributed by atoms with Crippen LogP contribution in [0.2, 0.25) is 0 Å². The second kappa shape index (κ2) is 9.29. The highest BCUT2D eigenvalue weighted by molar-refractivity contribution is 6.21. The van der Waals surface area contributed by atoms with Gasteiger partial charge in [-0.1, -0.05) is 97.1 Å². The van der Waals surface area contributed by atoms with Gasteiger partial charge in [0.25, 0.3) is 0 Å². The number of benzene rings is 5. The molecule has 4 aromatic heterocycles. The lowest BCUT2D eigenvalue weighted by Crippen LogP contribution is -1.95. The number of nitrogens with zero attached hydrogens (tertiary/aromatic N) is 5. The van der Waals surface area contributed by atoms with Crippen LogP contribution in [0.4, 0.5) is 0 Å². The Labute approximate surface area is 246 Å². The number of hydrogen-bond acceptors (Lipinski definition) is 4. The zero-order valence-electron chi connectivity index (χ0n) is 23.0. The van der Waals surface area contributed by atoms with Crippen LogP contribution in [0.15, 0.2) is 140 Å². The SMILES string of the molecule is c1ccc(-c2nc3ccccc3c3nc4ccc(-c5c6ccccc6c(-c6ncccn6)c6ccccc56)cn4c23)cc1. The number of fused-ring (bicyclic) bond motifs is 7. The van der Waals surface area contributed by atoms with Gasteiger partial charge in [0.2, 0.25) is 0 Å². The van der Waals surface area contributed by atoms with Gasteiger partial charge in [-0.3, -0.25) is 4.40 Å². The number of para-hydroxylation sites is 1. The minimum atomic E-state index is 0.725. The van der Waals surface area contributed by atoms with E-state index in [1.165, 1.54) is 5.56 Å². The first kappa shape index (κ1) is 23.7. The third-order valence-electron chi connectivity index (χ3n) is 8.29. The second-order valence-electron chi connectivity index (χ2n) is 10.7. The Bertz CT molecular complexity index is 2440. The smallest absolute Gasteiger partial charge is 0.160 e. The van der Waals surface area contributed by atoms with Gasteiger partial charge in [-0.15, -0.1) is 0 Å². The van der Waals surface area contributed by atoms with Crippen LogP contribution in [0.1, 0.15) is 0 Å². The Morgan fingerprint density at radius 2 is 1.07 bits per heavy atom. The third kappa shape index (κ3) is 3.58. The first-order valence-electron chi connectivity index (χ1n) is 14.3. The minimum Gasteiger partial charge on any atom is -0.297 e. The molecule has 5 aromatic carbocycles. The number of aromatic nitrogens is 5. The molecule has 0 atom stereocenters. The Hall–Kier alpha value is -5.94. The Balaban J connectivity index is 1.41. The fraction of sp³-hybridized carbons (Fsp3) is 0. The summed E-state index contributed by atoms with van der Waals surface area (Å²) in [5, 5.41) is 5.59. The summed E-state index contributed by atoms with van der Waals surface area (Å²) in [6.45, 7) is 0. The Morgan fingerprint density at radius 3 is 1.77 bits per heavy atom. The van der Waals surface area contributed by atoms with Crippen LogP contribution < -0.4 is 0 Å². The summed E-state index contributed by atoms with van der Waals surface area (Å²) < 4.78 is 2.21. The Morgan fingerprint density at radius 1 is 0.465 bits per heavy atom. The fourth-order valence-electron chi connectivity index (χ4n) is 6.46. The summed E-state index contributed by atoms with van der Waals surface area (Å²) in [7, 11) is 0. The van der Waals surface area contributed by atoms with Crippen molar-refractivity contribution in [3.8, 4) is 33.8 Å². The van der Waals surface area contributed by atoms with E-state index >= 15 is 0 Å². The predicted molar refractivity (Wildman–Crippen MR) is 175 cm³/mol. The van der Waals surface area contributed by atoms with E-state index in [4.69, 9.17) is 9.97 Å². The van der Waals surface area contributed by atoms with Crippen LogP contribution in [0.5, 0.6) is 0 Å². The average molecular weight is 550 g/mol.